The van der Waals surface area contributed by atoms with Gasteiger partial charge < -0.3 is 10.2 Å². The van der Waals surface area contributed by atoms with Gasteiger partial charge in [0.05, 0.1) is 0 Å². The fraction of sp³-hybridized carbons (Fsp3) is 0.379. The number of hydrogen-bond acceptors (Lipinski definition) is 2. The van der Waals surface area contributed by atoms with Crippen LogP contribution in [0.3, 0.4) is 0 Å². The summed E-state index contributed by atoms with van der Waals surface area (Å²) in [6.45, 7) is 26.8. The van der Waals surface area contributed by atoms with Crippen LogP contribution in [0.25, 0.3) is 0 Å². The predicted molar refractivity (Wildman–Crippen MR) is 250 cm³/mol. The second kappa shape index (κ2) is 14.4. The van der Waals surface area contributed by atoms with Crippen molar-refractivity contribution in [1.82, 2.24) is 0 Å². The van der Waals surface area contributed by atoms with Crippen molar-refractivity contribution in [3.05, 3.63) is 212 Å². The van der Waals surface area contributed by atoms with Gasteiger partial charge in [0.25, 0.3) is 0 Å². The molecule has 6 aromatic carbocycles. The van der Waals surface area contributed by atoms with Crippen LogP contribution in [0, 0.1) is 11.8 Å². The molecule has 60 heavy (non-hydrogen) atoms. The van der Waals surface area contributed by atoms with Crippen molar-refractivity contribution in [2.45, 2.75) is 128 Å². The molecule has 0 saturated heterocycles. The molecule has 0 aliphatic heterocycles. The quantitative estimate of drug-likeness (QED) is 0.176. The van der Waals surface area contributed by atoms with E-state index < -0.39 is 23.0 Å². The number of hydrogen-bond donors (Lipinski definition) is 2. The van der Waals surface area contributed by atoms with E-state index in [-0.39, 0.29) is 33.5 Å². The molecule has 0 radical (unpaired) electrons. The first-order valence-corrected chi connectivity index (χ1v) is 22.1. The van der Waals surface area contributed by atoms with Gasteiger partial charge in [-0.2, -0.15) is 0 Å². The SMILES string of the molecule is CC(C)(C)c1ccc(C(O)(c2ccc(C(C)(C)C)cc2)C2C3c4ccccc4C(c4ccccc43)C2C(O)(c2ccc(C(C)(C)C)cc2)c2ccc(C(C)(C)C)cc2)cc1. The number of fused-ring (bicyclic) bond motifs is 1. The first kappa shape index (κ1) is 42.0. The van der Waals surface area contributed by atoms with Gasteiger partial charge in [-0.05, 0) is 88.4 Å². The molecule has 2 bridgehead atoms. The van der Waals surface area contributed by atoms with Crippen molar-refractivity contribution < 1.29 is 10.2 Å². The first-order valence-electron chi connectivity index (χ1n) is 22.1. The van der Waals surface area contributed by atoms with E-state index in [4.69, 9.17) is 0 Å². The second-order valence-corrected chi connectivity index (χ2v) is 22.1. The van der Waals surface area contributed by atoms with E-state index >= 15 is 0 Å². The molecule has 0 fully saturated rings. The Labute approximate surface area is 360 Å². The normalized spacial score (nSPS) is 19.5. The zero-order valence-corrected chi connectivity index (χ0v) is 38.1. The molecule has 0 heterocycles. The summed E-state index contributed by atoms with van der Waals surface area (Å²) in [5.41, 5.74) is 9.82. The van der Waals surface area contributed by atoms with Crippen LogP contribution >= 0.6 is 0 Å². The molecule has 2 N–H and O–H groups in total. The van der Waals surface area contributed by atoms with Gasteiger partial charge in [0.15, 0.2) is 0 Å². The van der Waals surface area contributed by atoms with Gasteiger partial charge in [0, 0.05) is 23.7 Å². The molecule has 3 aliphatic rings. The lowest BCUT2D eigenvalue weighted by atomic mass is 9.45. The highest BCUT2D eigenvalue weighted by atomic mass is 16.3. The highest BCUT2D eigenvalue weighted by Crippen LogP contribution is 2.68. The zero-order chi connectivity index (χ0) is 43.2. The summed E-state index contributed by atoms with van der Waals surface area (Å²) in [5.74, 6) is -1.45. The van der Waals surface area contributed by atoms with Gasteiger partial charge in [-0.1, -0.05) is 229 Å². The molecule has 2 unspecified atom stereocenters. The maximum atomic E-state index is 14.6. The van der Waals surface area contributed by atoms with Gasteiger partial charge in [-0.3, -0.25) is 0 Å². The van der Waals surface area contributed by atoms with Crippen LogP contribution < -0.4 is 0 Å². The van der Waals surface area contributed by atoms with Crippen LogP contribution in [0.1, 0.15) is 162 Å². The fourth-order valence-corrected chi connectivity index (χ4v) is 10.7. The Balaban J connectivity index is 1.50. The molecule has 3 aliphatic carbocycles. The van der Waals surface area contributed by atoms with Crippen LogP contribution in [0.15, 0.2) is 146 Å². The Bertz CT molecular complexity index is 2140. The molecule has 0 spiro atoms. The Morgan fingerprint density at radius 3 is 0.600 bits per heavy atom. The molecule has 2 nitrogen and oxygen atoms in total. The summed E-state index contributed by atoms with van der Waals surface area (Å²) >= 11 is 0. The number of rotatable bonds is 6. The molecule has 9 rings (SSSR count). The fourth-order valence-electron chi connectivity index (χ4n) is 10.7. The summed E-state index contributed by atoms with van der Waals surface area (Å²) < 4.78 is 0. The van der Waals surface area contributed by atoms with Gasteiger partial charge in [0.1, 0.15) is 11.2 Å². The maximum absolute atomic E-state index is 14.6. The summed E-state index contributed by atoms with van der Waals surface area (Å²) in [5, 5.41) is 29.1. The van der Waals surface area contributed by atoms with Crippen LogP contribution in [-0.4, -0.2) is 10.2 Å². The summed E-state index contributed by atoms with van der Waals surface area (Å²) in [6, 6.07) is 52.5. The minimum atomic E-state index is -1.52. The van der Waals surface area contributed by atoms with Crippen LogP contribution in [0.4, 0.5) is 0 Å². The average molecular weight is 795 g/mol. The Kier molecular flexibility index (Phi) is 10.1. The van der Waals surface area contributed by atoms with Gasteiger partial charge >= 0.3 is 0 Å². The molecule has 0 aromatic heterocycles. The van der Waals surface area contributed by atoms with Crippen LogP contribution in [-0.2, 0) is 32.9 Å². The van der Waals surface area contributed by atoms with Gasteiger partial charge in [-0.25, -0.2) is 0 Å². The monoisotopic (exact) mass is 795 g/mol. The highest BCUT2D eigenvalue weighted by molar-refractivity contribution is 5.61. The summed E-state index contributed by atoms with van der Waals surface area (Å²) in [7, 11) is 0. The highest BCUT2D eigenvalue weighted by Gasteiger charge is 2.64. The van der Waals surface area contributed by atoms with Crippen LogP contribution in [0.2, 0.25) is 0 Å². The lowest BCUT2D eigenvalue weighted by molar-refractivity contribution is -0.105. The van der Waals surface area contributed by atoms with E-state index in [1.165, 1.54) is 44.5 Å². The minimum Gasteiger partial charge on any atom is -0.380 e. The number of aliphatic hydroxyl groups is 2. The maximum Gasteiger partial charge on any atom is 0.119 e. The average Bonchev–Trinajstić information content (AvgIpc) is 3.21. The van der Waals surface area contributed by atoms with Crippen molar-refractivity contribution >= 4 is 0 Å². The van der Waals surface area contributed by atoms with E-state index in [9.17, 15) is 10.2 Å². The first-order chi connectivity index (χ1) is 28.1. The standard InChI is InChI=1S/C58H66O2/c1-53(2,3)37-21-29-41(30-22-37)57(59,42-31-23-38(24-32-42)54(4,5)6)51-49-45-17-13-15-19-47(45)50(48-20-16-14-18-46(48)49)52(51)58(60,43-33-25-39(26-34-43)55(7,8)9)44-35-27-40(28-36-44)56(10,11)12/h13-36,49-52,59-60H,1-12H3. The minimum absolute atomic E-state index is 0.0615. The molecular formula is C58H66O2. The molecule has 0 saturated carbocycles. The lowest BCUT2D eigenvalue weighted by Gasteiger charge is -2.60. The van der Waals surface area contributed by atoms with Crippen molar-refractivity contribution in [2.75, 3.05) is 0 Å². The molecular weight excluding hydrogens is 729 g/mol. The third-order valence-electron chi connectivity index (χ3n) is 14.2. The third kappa shape index (κ3) is 6.89. The summed E-state index contributed by atoms with van der Waals surface area (Å²) in [6.07, 6.45) is 0. The second-order valence-electron chi connectivity index (χ2n) is 22.1. The van der Waals surface area contributed by atoms with E-state index in [0.29, 0.717) is 0 Å². The van der Waals surface area contributed by atoms with Gasteiger partial charge in [0.2, 0.25) is 0 Å². The predicted octanol–water partition coefficient (Wildman–Crippen LogP) is 13.6. The smallest absolute Gasteiger partial charge is 0.119 e. The third-order valence-corrected chi connectivity index (χ3v) is 14.2. The Morgan fingerprint density at radius 1 is 0.267 bits per heavy atom. The largest absolute Gasteiger partial charge is 0.380 e. The lowest BCUT2D eigenvalue weighted by Crippen LogP contribution is -2.58. The molecule has 310 valence electrons. The van der Waals surface area contributed by atoms with Crippen molar-refractivity contribution in [2.24, 2.45) is 11.8 Å². The topological polar surface area (TPSA) is 40.5 Å². The van der Waals surface area contributed by atoms with E-state index in [0.717, 1.165) is 22.3 Å². The molecule has 2 heteroatoms. The van der Waals surface area contributed by atoms with Crippen molar-refractivity contribution in [1.29, 1.82) is 0 Å². The van der Waals surface area contributed by atoms with E-state index in [2.05, 4.69) is 229 Å². The molecule has 6 aromatic rings. The zero-order valence-electron chi connectivity index (χ0n) is 38.1. The Hall–Kier alpha value is -4.76. The van der Waals surface area contributed by atoms with E-state index in [1.54, 1.807) is 0 Å². The molecule has 0 amide bonds. The van der Waals surface area contributed by atoms with E-state index in [1.807, 2.05) is 0 Å². The molecule has 2 atom stereocenters. The van der Waals surface area contributed by atoms with Crippen LogP contribution in [0.5, 0.6) is 0 Å². The number of benzene rings is 6. The van der Waals surface area contributed by atoms with Crippen molar-refractivity contribution in [3.8, 4) is 0 Å². The Morgan fingerprint density at radius 2 is 0.433 bits per heavy atom. The van der Waals surface area contributed by atoms with Crippen molar-refractivity contribution in [3.63, 3.8) is 0 Å². The van der Waals surface area contributed by atoms with Gasteiger partial charge in [-0.15, -0.1) is 0 Å². The summed E-state index contributed by atoms with van der Waals surface area (Å²) in [4.78, 5) is 0.